The molecule has 162 valence electrons. The van der Waals surface area contributed by atoms with Crippen molar-refractivity contribution in [3.05, 3.63) is 53.2 Å². The molecule has 2 aromatic rings. The largest absolute Gasteiger partial charge is 0.416 e. The first-order chi connectivity index (χ1) is 14.0. The SMILES string of the molecule is Cc1cccc(N(C(=O)[C@H]2CS(=O)CN2c2cc(C(F)(F)F)cc(C)n2)C(C)C)c1. The highest BCUT2D eigenvalue weighted by atomic mass is 32.2. The van der Waals surface area contributed by atoms with Gasteiger partial charge in [0.25, 0.3) is 5.91 Å². The van der Waals surface area contributed by atoms with E-state index in [1.807, 2.05) is 45.0 Å². The van der Waals surface area contributed by atoms with Crippen molar-refractivity contribution in [2.75, 3.05) is 21.4 Å². The van der Waals surface area contributed by atoms with Crippen molar-refractivity contribution >= 4 is 28.2 Å². The van der Waals surface area contributed by atoms with Gasteiger partial charge in [-0.25, -0.2) is 4.98 Å². The van der Waals surface area contributed by atoms with E-state index in [0.717, 1.165) is 17.7 Å². The molecule has 0 bridgehead atoms. The molecule has 0 saturated carbocycles. The molecule has 2 heterocycles. The number of hydrogen-bond acceptors (Lipinski definition) is 4. The third kappa shape index (κ3) is 4.66. The van der Waals surface area contributed by atoms with Gasteiger partial charge in [0.1, 0.15) is 11.9 Å². The molecule has 9 heteroatoms. The van der Waals surface area contributed by atoms with Crippen LogP contribution in [0.4, 0.5) is 24.7 Å². The highest BCUT2D eigenvalue weighted by Gasteiger charge is 2.40. The van der Waals surface area contributed by atoms with Crippen LogP contribution in [0.2, 0.25) is 0 Å². The number of carbonyl (C=O) groups is 1. The lowest BCUT2D eigenvalue weighted by Gasteiger charge is -2.33. The molecule has 0 aliphatic carbocycles. The molecule has 1 fully saturated rings. The molecule has 2 atom stereocenters. The third-order valence-electron chi connectivity index (χ3n) is 4.88. The number of benzene rings is 1. The fourth-order valence-electron chi connectivity index (χ4n) is 3.57. The highest BCUT2D eigenvalue weighted by molar-refractivity contribution is 7.85. The minimum absolute atomic E-state index is 0.0134. The van der Waals surface area contributed by atoms with E-state index in [1.165, 1.54) is 11.8 Å². The number of halogens is 3. The van der Waals surface area contributed by atoms with Gasteiger partial charge in [0.05, 0.1) is 17.2 Å². The van der Waals surface area contributed by atoms with Crippen LogP contribution < -0.4 is 9.80 Å². The second kappa shape index (κ2) is 8.37. The number of nitrogens with zero attached hydrogens (tertiary/aromatic N) is 3. The maximum atomic E-state index is 13.5. The number of carbonyl (C=O) groups excluding carboxylic acids is 1. The van der Waals surface area contributed by atoms with Crippen LogP contribution >= 0.6 is 0 Å². The van der Waals surface area contributed by atoms with E-state index in [2.05, 4.69) is 4.98 Å². The van der Waals surface area contributed by atoms with Gasteiger partial charge in [0.15, 0.2) is 0 Å². The molecule has 1 unspecified atom stereocenters. The van der Waals surface area contributed by atoms with Gasteiger partial charge < -0.3 is 9.80 Å². The topological polar surface area (TPSA) is 53.5 Å². The summed E-state index contributed by atoms with van der Waals surface area (Å²) in [6.45, 7) is 7.11. The summed E-state index contributed by atoms with van der Waals surface area (Å²) in [5.41, 5.74) is 1.02. The van der Waals surface area contributed by atoms with Crippen LogP contribution in [0.5, 0.6) is 0 Å². The number of rotatable bonds is 4. The predicted molar refractivity (Wildman–Crippen MR) is 112 cm³/mol. The van der Waals surface area contributed by atoms with E-state index >= 15 is 0 Å². The van der Waals surface area contributed by atoms with Crippen molar-refractivity contribution in [3.63, 3.8) is 0 Å². The number of pyridine rings is 1. The van der Waals surface area contributed by atoms with E-state index in [0.29, 0.717) is 5.69 Å². The molecule has 5 nitrogen and oxygen atoms in total. The molecule has 1 aliphatic rings. The van der Waals surface area contributed by atoms with Crippen LogP contribution in [0.15, 0.2) is 36.4 Å². The van der Waals surface area contributed by atoms with Gasteiger partial charge in [-0.3, -0.25) is 9.00 Å². The normalized spacial score (nSPS) is 19.4. The Kier molecular flexibility index (Phi) is 6.21. The molecule has 0 N–H and O–H groups in total. The minimum Gasteiger partial charge on any atom is -0.332 e. The van der Waals surface area contributed by atoms with Crippen molar-refractivity contribution in [3.8, 4) is 0 Å². The maximum Gasteiger partial charge on any atom is 0.416 e. The van der Waals surface area contributed by atoms with Crippen molar-refractivity contribution in [1.29, 1.82) is 0 Å². The van der Waals surface area contributed by atoms with Gasteiger partial charge in [-0.15, -0.1) is 0 Å². The standard InChI is InChI=1S/C21H24F3N3O2S/c1-13(2)27(17-7-5-6-14(3)8-17)20(28)18-11-30(29)12-26(18)19-10-16(21(22,23)24)9-15(4)25-19/h5-10,13,18H,11-12H2,1-4H3/t18-,30?/m1/s1. The van der Waals surface area contributed by atoms with E-state index in [9.17, 15) is 22.2 Å². The quantitative estimate of drug-likeness (QED) is 0.721. The number of alkyl halides is 3. The molecule has 1 aromatic carbocycles. The summed E-state index contributed by atoms with van der Waals surface area (Å²) in [7, 11) is -1.37. The van der Waals surface area contributed by atoms with Gasteiger partial charge in [-0.1, -0.05) is 12.1 Å². The summed E-state index contributed by atoms with van der Waals surface area (Å²) in [6.07, 6.45) is -4.54. The summed E-state index contributed by atoms with van der Waals surface area (Å²) in [5, 5.41) is 0. The number of aryl methyl sites for hydroxylation is 2. The number of amides is 1. The average Bonchev–Trinajstić information content (AvgIpc) is 3.02. The van der Waals surface area contributed by atoms with Crippen molar-refractivity contribution in [1.82, 2.24) is 4.98 Å². The first kappa shape index (κ1) is 22.3. The number of anilines is 2. The Hall–Kier alpha value is -2.42. The Labute approximate surface area is 176 Å². The van der Waals surface area contributed by atoms with E-state index in [4.69, 9.17) is 0 Å². The lowest BCUT2D eigenvalue weighted by atomic mass is 10.1. The number of aromatic nitrogens is 1. The summed E-state index contributed by atoms with van der Waals surface area (Å²) >= 11 is 0. The van der Waals surface area contributed by atoms with Crippen LogP contribution in [0, 0.1) is 13.8 Å². The zero-order valence-electron chi connectivity index (χ0n) is 17.2. The van der Waals surface area contributed by atoms with Crippen molar-refractivity contribution in [2.45, 2.75) is 46.0 Å². The minimum atomic E-state index is -4.54. The smallest absolute Gasteiger partial charge is 0.332 e. The Morgan fingerprint density at radius 2 is 1.93 bits per heavy atom. The lowest BCUT2D eigenvalue weighted by Crippen LogP contribution is -2.50. The van der Waals surface area contributed by atoms with Crippen LogP contribution in [0.3, 0.4) is 0 Å². The molecule has 1 saturated heterocycles. The number of hydrogen-bond donors (Lipinski definition) is 0. The van der Waals surface area contributed by atoms with E-state index < -0.39 is 28.6 Å². The Bertz CT molecular complexity index is 978. The van der Waals surface area contributed by atoms with Crippen molar-refractivity contribution in [2.24, 2.45) is 0 Å². The molecule has 1 aliphatic heterocycles. The Morgan fingerprint density at radius 1 is 1.23 bits per heavy atom. The summed E-state index contributed by atoms with van der Waals surface area (Å²) in [6, 6.07) is 8.28. The molecule has 1 aromatic heterocycles. The lowest BCUT2D eigenvalue weighted by molar-refractivity contribution is -0.137. The van der Waals surface area contributed by atoms with Crippen LogP contribution in [0.25, 0.3) is 0 Å². The molecular weight excluding hydrogens is 415 g/mol. The zero-order valence-corrected chi connectivity index (χ0v) is 18.0. The Balaban J connectivity index is 2.01. The van der Waals surface area contributed by atoms with Crippen LogP contribution in [-0.2, 0) is 21.8 Å². The summed E-state index contributed by atoms with van der Waals surface area (Å²) < 4.78 is 52.2. The van der Waals surface area contributed by atoms with Gasteiger partial charge >= 0.3 is 6.18 Å². The van der Waals surface area contributed by atoms with Gasteiger partial charge in [-0.2, -0.15) is 13.2 Å². The summed E-state index contributed by atoms with van der Waals surface area (Å²) in [5.74, 6) is -0.285. The average molecular weight is 440 g/mol. The first-order valence-corrected chi connectivity index (χ1v) is 11.0. The van der Waals surface area contributed by atoms with Crippen molar-refractivity contribution < 1.29 is 22.2 Å². The van der Waals surface area contributed by atoms with E-state index in [-0.39, 0.29) is 35.1 Å². The van der Waals surface area contributed by atoms with Gasteiger partial charge in [0.2, 0.25) is 0 Å². The van der Waals surface area contributed by atoms with Crippen LogP contribution in [-0.4, -0.2) is 38.8 Å². The van der Waals surface area contributed by atoms with Crippen LogP contribution in [0.1, 0.15) is 30.7 Å². The third-order valence-corrected chi connectivity index (χ3v) is 6.14. The highest BCUT2D eigenvalue weighted by Crippen LogP contribution is 2.33. The fraction of sp³-hybridized carbons (Fsp3) is 0.429. The first-order valence-electron chi connectivity index (χ1n) is 9.54. The summed E-state index contributed by atoms with van der Waals surface area (Å²) in [4.78, 5) is 20.7. The molecule has 0 spiro atoms. The van der Waals surface area contributed by atoms with Gasteiger partial charge in [0, 0.05) is 28.2 Å². The zero-order chi connectivity index (χ0) is 22.2. The Morgan fingerprint density at radius 3 is 2.53 bits per heavy atom. The van der Waals surface area contributed by atoms with Gasteiger partial charge in [-0.05, 0) is 57.5 Å². The van der Waals surface area contributed by atoms with E-state index in [1.54, 1.807) is 4.90 Å². The molecule has 3 rings (SSSR count). The second-order valence-electron chi connectivity index (χ2n) is 7.72. The fourth-order valence-corrected chi connectivity index (χ4v) is 4.98. The maximum absolute atomic E-state index is 13.5. The molecular formula is C21H24F3N3O2S. The monoisotopic (exact) mass is 439 g/mol. The molecule has 1 amide bonds. The molecule has 0 radical (unpaired) electrons. The predicted octanol–water partition coefficient (Wildman–Crippen LogP) is 4.05. The second-order valence-corrected chi connectivity index (χ2v) is 9.19. The molecule has 30 heavy (non-hydrogen) atoms.